The molecular formula is C10H19KO. The van der Waals surface area contributed by atoms with Crippen LogP contribution in [0, 0.1) is 17.8 Å². The first kappa shape index (κ1) is 13.3. The van der Waals surface area contributed by atoms with Gasteiger partial charge in [0.15, 0.2) is 0 Å². The SMILES string of the molecule is CC1CCC(C(C)C)C(=O)C1.[KH]. The summed E-state index contributed by atoms with van der Waals surface area (Å²) in [6.45, 7) is 6.48. The number of rotatable bonds is 1. The van der Waals surface area contributed by atoms with Crippen LogP contribution in [0.25, 0.3) is 0 Å². The molecule has 0 aliphatic heterocycles. The van der Waals surface area contributed by atoms with Crippen molar-refractivity contribution < 1.29 is 4.79 Å². The molecule has 1 aliphatic rings. The third-order valence-corrected chi connectivity index (χ3v) is 2.74. The standard InChI is InChI=1S/C10H18O.K.H/c1-7(2)9-5-4-8(3)6-10(9)11;;/h7-9H,4-6H2,1-3H3;;. The molecule has 0 aromatic carbocycles. The predicted octanol–water partition coefficient (Wildman–Crippen LogP) is 2.00. The molecule has 0 bridgehead atoms. The van der Waals surface area contributed by atoms with E-state index in [1.165, 1.54) is 6.42 Å². The number of carbonyl (C=O) groups excluding carboxylic acids is 1. The Morgan fingerprint density at radius 2 is 1.92 bits per heavy atom. The van der Waals surface area contributed by atoms with Crippen molar-refractivity contribution in [3.05, 3.63) is 0 Å². The van der Waals surface area contributed by atoms with Crippen LogP contribution < -0.4 is 0 Å². The number of ketones is 1. The van der Waals surface area contributed by atoms with Crippen LogP contribution in [0.3, 0.4) is 0 Å². The van der Waals surface area contributed by atoms with Gasteiger partial charge in [-0.2, -0.15) is 0 Å². The Kier molecular flexibility index (Phi) is 6.56. The van der Waals surface area contributed by atoms with Gasteiger partial charge in [-0.05, 0) is 24.7 Å². The van der Waals surface area contributed by atoms with Gasteiger partial charge in [-0.25, -0.2) is 0 Å². The van der Waals surface area contributed by atoms with E-state index in [1.54, 1.807) is 0 Å². The molecule has 12 heavy (non-hydrogen) atoms. The molecule has 1 aliphatic carbocycles. The zero-order valence-corrected chi connectivity index (χ0v) is 7.76. The summed E-state index contributed by atoms with van der Waals surface area (Å²) in [5.74, 6) is 2.05. The van der Waals surface area contributed by atoms with E-state index in [-0.39, 0.29) is 51.4 Å². The minimum absolute atomic E-state index is 0. The fourth-order valence-corrected chi connectivity index (χ4v) is 1.93. The van der Waals surface area contributed by atoms with Crippen molar-refractivity contribution in [3.8, 4) is 0 Å². The summed E-state index contributed by atoms with van der Waals surface area (Å²) >= 11 is 0. The monoisotopic (exact) mass is 194 g/mol. The summed E-state index contributed by atoms with van der Waals surface area (Å²) in [5.41, 5.74) is 0. The van der Waals surface area contributed by atoms with Gasteiger partial charge in [-0.3, -0.25) is 4.79 Å². The molecule has 66 valence electrons. The van der Waals surface area contributed by atoms with Crippen molar-refractivity contribution in [1.82, 2.24) is 0 Å². The van der Waals surface area contributed by atoms with E-state index in [0.29, 0.717) is 23.5 Å². The minimum atomic E-state index is 0. The van der Waals surface area contributed by atoms with Crippen LogP contribution in [-0.4, -0.2) is 57.2 Å². The normalized spacial score (nSPS) is 30.2. The zero-order valence-electron chi connectivity index (χ0n) is 7.76. The molecule has 1 nitrogen and oxygen atoms in total. The van der Waals surface area contributed by atoms with Crippen LogP contribution in [0.15, 0.2) is 0 Å². The fourth-order valence-electron chi connectivity index (χ4n) is 1.93. The first-order valence-electron chi connectivity index (χ1n) is 4.64. The summed E-state index contributed by atoms with van der Waals surface area (Å²) in [4.78, 5) is 11.4. The average molecular weight is 194 g/mol. The molecule has 0 spiro atoms. The Balaban J connectivity index is 0.00000121. The van der Waals surface area contributed by atoms with Crippen molar-refractivity contribution in [3.63, 3.8) is 0 Å². The van der Waals surface area contributed by atoms with Gasteiger partial charge in [0.1, 0.15) is 5.78 Å². The number of carbonyl (C=O) groups is 1. The van der Waals surface area contributed by atoms with Crippen molar-refractivity contribution >= 4 is 57.2 Å². The summed E-state index contributed by atoms with van der Waals surface area (Å²) in [7, 11) is 0. The molecule has 0 aromatic rings. The second-order valence-corrected chi connectivity index (χ2v) is 4.20. The van der Waals surface area contributed by atoms with Crippen LogP contribution in [0.4, 0.5) is 0 Å². The van der Waals surface area contributed by atoms with E-state index < -0.39 is 0 Å². The summed E-state index contributed by atoms with van der Waals surface area (Å²) < 4.78 is 0. The van der Waals surface area contributed by atoms with Gasteiger partial charge in [0, 0.05) is 12.3 Å². The number of Topliss-reactive ketones (excluding diaryl/α,β-unsaturated/α-hetero) is 1. The molecule has 0 N–H and O–H groups in total. The van der Waals surface area contributed by atoms with Gasteiger partial charge in [0.05, 0.1) is 0 Å². The van der Waals surface area contributed by atoms with E-state index in [2.05, 4.69) is 20.8 Å². The Bertz CT molecular complexity index is 154. The molecule has 0 aromatic heterocycles. The molecule has 0 amide bonds. The van der Waals surface area contributed by atoms with Gasteiger partial charge < -0.3 is 0 Å². The molecule has 1 saturated carbocycles. The third-order valence-electron chi connectivity index (χ3n) is 2.74. The van der Waals surface area contributed by atoms with Crippen LogP contribution in [-0.2, 0) is 4.79 Å². The van der Waals surface area contributed by atoms with Gasteiger partial charge in [0.25, 0.3) is 0 Å². The zero-order chi connectivity index (χ0) is 8.43. The molecular weight excluding hydrogens is 175 g/mol. The first-order valence-corrected chi connectivity index (χ1v) is 4.64. The van der Waals surface area contributed by atoms with Crippen molar-refractivity contribution in [1.29, 1.82) is 0 Å². The van der Waals surface area contributed by atoms with Gasteiger partial charge in [0.2, 0.25) is 0 Å². The summed E-state index contributed by atoms with van der Waals surface area (Å²) in [5, 5.41) is 0. The van der Waals surface area contributed by atoms with Crippen molar-refractivity contribution in [2.45, 2.75) is 40.0 Å². The molecule has 1 fully saturated rings. The molecule has 0 radical (unpaired) electrons. The maximum absolute atomic E-state index is 11.4. The first-order chi connectivity index (χ1) is 5.11. The van der Waals surface area contributed by atoms with E-state index in [1.807, 2.05) is 0 Å². The Hall–Kier alpha value is 1.31. The second kappa shape index (κ2) is 5.92. The molecule has 1 rings (SSSR count). The van der Waals surface area contributed by atoms with Crippen molar-refractivity contribution in [2.75, 3.05) is 0 Å². The predicted molar refractivity (Wildman–Crippen MR) is 53.5 cm³/mol. The van der Waals surface area contributed by atoms with Crippen LogP contribution in [0.5, 0.6) is 0 Å². The Morgan fingerprint density at radius 1 is 1.33 bits per heavy atom. The third kappa shape index (κ3) is 3.58. The molecule has 2 unspecified atom stereocenters. The van der Waals surface area contributed by atoms with E-state index in [9.17, 15) is 4.79 Å². The number of hydrogen-bond acceptors (Lipinski definition) is 1. The van der Waals surface area contributed by atoms with Crippen LogP contribution >= 0.6 is 0 Å². The molecule has 0 saturated heterocycles. The van der Waals surface area contributed by atoms with Gasteiger partial charge in [-0.1, -0.05) is 20.8 Å². The molecule has 2 atom stereocenters. The Labute approximate surface area is 118 Å². The van der Waals surface area contributed by atoms with E-state index in [4.69, 9.17) is 0 Å². The number of hydrogen-bond donors (Lipinski definition) is 0. The van der Waals surface area contributed by atoms with Crippen LogP contribution in [0.2, 0.25) is 0 Å². The summed E-state index contributed by atoms with van der Waals surface area (Å²) in [6, 6.07) is 0. The topological polar surface area (TPSA) is 17.1 Å². The average Bonchev–Trinajstić information content (AvgIpc) is 1.85. The fraction of sp³-hybridized carbons (Fsp3) is 0.900. The Morgan fingerprint density at radius 3 is 2.33 bits per heavy atom. The van der Waals surface area contributed by atoms with E-state index >= 15 is 0 Å². The van der Waals surface area contributed by atoms with Crippen molar-refractivity contribution in [2.24, 2.45) is 17.8 Å². The molecule has 0 heterocycles. The van der Waals surface area contributed by atoms with Crippen LogP contribution in [0.1, 0.15) is 40.0 Å². The van der Waals surface area contributed by atoms with Gasteiger partial charge in [-0.15, -0.1) is 0 Å². The van der Waals surface area contributed by atoms with E-state index in [0.717, 1.165) is 12.8 Å². The quantitative estimate of drug-likeness (QED) is 0.584. The molecule has 2 heteroatoms. The maximum atomic E-state index is 11.4. The second-order valence-electron chi connectivity index (χ2n) is 4.20. The van der Waals surface area contributed by atoms with Gasteiger partial charge >= 0.3 is 51.4 Å². The summed E-state index contributed by atoms with van der Waals surface area (Å²) in [6.07, 6.45) is 3.19.